The number of hydrogen-bond donors (Lipinski definition) is 1. The molecule has 0 bridgehead atoms. The fourth-order valence-corrected chi connectivity index (χ4v) is 3.45. The lowest BCUT2D eigenvalue weighted by Gasteiger charge is -2.16. The van der Waals surface area contributed by atoms with Gasteiger partial charge in [-0.05, 0) is 11.1 Å². The summed E-state index contributed by atoms with van der Waals surface area (Å²) in [5.74, 6) is -2.22. The van der Waals surface area contributed by atoms with Crippen molar-refractivity contribution in [1.29, 1.82) is 0 Å². The van der Waals surface area contributed by atoms with Crippen LogP contribution in [0.4, 0.5) is 0 Å². The molecule has 1 unspecified atom stereocenters. The molecule has 1 N–H and O–H groups in total. The molecule has 0 aliphatic carbocycles. The van der Waals surface area contributed by atoms with Crippen molar-refractivity contribution in [3.63, 3.8) is 0 Å². The lowest BCUT2D eigenvalue weighted by atomic mass is 10.1. The fourth-order valence-electron chi connectivity index (χ4n) is 3.45. The number of ether oxygens (including phenoxy) is 2. The van der Waals surface area contributed by atoms with Gasteiger partial charge in [-0.1, -0.05) is 60.7 Å². The van der Waals surface area contributed by atoms with Gasteiger partial charge >= 0.3 is 11.9 Å². The highest BCUT2D eigenvalue weighted by molar-refractivity contribution is 6.02. The Morgan fingerprint density at radius 3 is 2.35 bits per heavy atom. The number of nitrogens with zero attached hydrogens (tertiary/aromatic N) is 2. The number of benzene rings is 2. The number of carbonyl (C=O) groups excluding carboxylic acids is 4. The molecule has 9 nitrogen and oxygen atoms in total. The van der Waals surface area contributed by atoms with Crippen LogP contribution >= 0.6 is 0 Å². The van der Waals surface area contributed by atoms with Crippen LogP contribution in [0.1, 0.15) is 30.4 Å². The number of hydrazone groups is 1. The van der Waals surface area contributed by atoms with Crippen LogP contribution < -0.4 is 5.32 Å². The molecular formula is C25H27N3O6. The molecule has 9 heteroatoms. The average molecular weight is 466 g/mol. The average Bonchev–Trinajstić information content (AvgIpc) is 3.37. The van der Waals surface area contributed by atoms with Crippen molar-refractivity contribution < 1.29 is 28.7 Å². The van der Waals surface area contributed by atoms with E-state index < -0.39 is 30.5 Å². The predicted octanol–water partition coefficient (Wildman–Crippen LogP) is 1.85. The van der Waals surface area contributed by atoms with Gasteiger partial charge in [0.05, 0.1) is 25.8 Å². The van der Waals surface area contributed by atoms with E-state index in [4.69, 9.17) is 9.47 Å². The standard InChI is InChI=1S/C25H27N3O6/c1-33-25(32)21(16-18-8-4-2-5-9-18)26-22(29)17-34-24(31)13-12-23(30)28-15-14-20(27-28)19-10-6-3-7-11-19/h2-11,21H,12-17H2,1H3,(H,26,29). The fraction of sp³-hybridized carbons (Fsp3) is 0.320. The molecule has 1 heterocycles. The Labute approximate surface area is 197 Å². The summed E-state index contributed by atoms with van der Waals surface area (Å²) in [5.41, 5.74) is 2.62. The number of hydrogen-bond acceptors (Lipinski definition) is 7. The zero-order chi connectivity index (χ0) is 24.3. The van der Waals surface area contributed by atoms with E-state index in [2.05, 4.69) is 10.4 Å². The van der Waals surface area contributed by atoms with Crippen LogP contribution in [-0.2, 0) is 35.1 Å². The van der Waals surface area contributed by atoms with E-state index >= 15 is 0 Å². The second-order valence-electron chi connectivity index (χ2n) is 7.67. The maximum atomic E-state index is 12.4. The minimum absolute atomic E-state index is 0.0786. The van der Waals surface area contributed by atoms with Crippen molar-refractivity contribution in [2.75, 3.05) is 20.3 Å². The number of nitrogens with one attached hydrogen (secondary N) is 1. The summed E-state index contributed by atoms with van der Waals surface area (Å²) in [6.07, 6.45) is 0.627. The zero-order valence-electron chi connectivity index (χ0n) is 18.9. The molecule has 0 radical (unpaired) electrons. The third-order valence-electron chi connectivity index (χ3n) is 5.21. The Morgan fingerprint density at radius 1 is 1.00 bits per heavy atom. The van der Waals surface area contributed by atoms with E-state index in [1.165, 1.54) is 12.1 Å². The van der Waals surface area contributed by atoms with E-state index in [1.807, 2.05) is 60.7 Å². The van der Waals surface area contributed by atoms with Gasteiger partial charge in [0.25, 0.3) is 5.91 Å². The molecule has 2 aromatic carbocycles. The first kappa shape index (κ1) is 24.6. The van der Waals surface area contributed by atoms with E-state index in [0.29, 0.717) is 13.0 Å². The molecule has 0 fully saturated rings. The van der Waals surface area contributed by atoms with Gasteiger partial charge in [-0.3, -0.25) is 14.4 Å². The summed E-state index contributed by atoms with van der Waals surface area (Å²) >= 11 is 0. The topological polar surface area (TPSA) is 114 Å². The molecule has 0 saturated carbocycles. The van der Waals surface area contributed by atoms with Crippen LogP contribution in [-0.4, -0.2) is 60.8 Å². The summed E-state index contributed by atoms with van der Waals surface area (Å²) in [7, 11) is 1.23. The summed E-state index contributed by atoms with van der Waals surface area (Å²) < 4.78 is 9.71. The Balaban J connectivity index is 1.41. The summed E-state index contributed by atoms with van der Waals surface area (Å²) in [6.45, 7) is -0.105. The molecule has 0 spiro atoms. The Bertz CT molecular complexity index is 1040. The van der Waals surface area contributed by atoms with E-state index in [1.54, 1.807) is 0 Å². The van der Waals surface area contributed by atoms with Crippen LogP contribution in [0.3, 0.4) is 0 Å². The third kappa shape index (κ3) is 7.26. The maximum Gasteiger partial charge on any atom is 0.328 e. The monoisotopic (exact) mass is 465 g/mol. The quantitative estimate of drug-likeness (QED) is 0.536. The SMILES string of the molecule is COC(=O)C(Cc1ccccc1)NC(=O)COC(=O)CCC(=O)N1CCC(c2ccccc2)=N1. The zero-order valence-corrected chi connectivity index (χ0v) is 18.9. The first-order chi connectivity index (χ1) is 16.5. The lowest BCUT2D eigenvalue weighted by molar-refractivity contribution is -0.151. The molecule has 3 rings (SSSR count). The second kappa shape index (κ2) is 12.3. The molecule has 34 heavy (non-hydrogen) atoms. The second-order valence-corrected chi connectivity index (χ2v) is 7.67. The number of methoxy groups -OCH3 is 1. The minimum atomic E-state index is -0.910. The number of carbonyl (C=O) groups is 4. The van der Waals surface area contributed by atoms with Gasteiger partial charge in [-0.2, -0.15) is 5.10 Å². The maximum absolute atomic E-state index is 12.4. The Kier molecular flexibility index (Phi) is 8.90. The number of rotatable bonds is 10. The van der Waals surface area contributed by atoms with Gasteiger partial charge in [0.2, 0.25) is 5.91 Å². The molecule has 1 atom stereocenters. The van der Waals surface area contributed by atoms with E-state index in [9.17, 15) is 19.2 Å². The molecule has 2 amide bonds. The molecule has 1 aliphatic heterocycles. The van der Waals surface area contributed by atoms with E-state index in [0.717, 1.165) is 16.8 Å². The van der Waals surface area contributed by atoms with Gasteiger partial charge in [-0.25, -0.2) is 9.80 Å². The Hall–Kier alpha value is -4.01. The third-order valence-corrected chi connectivity index (χ3v) is 5.21. The number of amides is 2. The van der Waals surface area contributed by atoms with Crippen LogP contribution in [0.5, 0.6) is 0 Å². The lowest BCUT2D eigenvalue weighted by Crippen LogP contribution is -2.44. The van der Waals surface area contributed by atoms with Crippen LogP contribution in [0.25, 0.3) is 0 Å². The van der Waals surface area contributed by atoms with Crippen molar-refractivity contribution in [2.24, 2.45) is 5.10 Å². The number of esters is 2. The van der Waals surface area contributed by atoms with Crippen LogP contribution in [0.15, 0.2) is 65.8 Å². The predicted molar refractivity (Wildman–Crippen MR) is 124 cm³/mol. The van der Waals surface area contributed by atoms with Crippen LogP contribution in [0, 0.1) is 0 Å². The van der Waals surface area contributed by atoms with Gasteiger partial charge in [-0.15, -0.1) is 0 Å². The summed E-state index contributed by atoms with van der Waals surface area (Å²) in [4.78, 5) is 48.6. The molecule has 0 aromatic heterocycles. The highest BCUT2D eigenvalue weighted by atomic mass is 16.5. The van der Waals surface area contributed by atoms with Crippen molar-refractivity contribution in [2.45, 2.75) is 31.7 Å². The van der Waals surface area contributed by atoms with Crippen molar-refractivity contribution in [3.05, 3.63) is 71.8 Å². The van der Waals surface area contributed by atoms with Crippen molar-refractivity contribution in [3.8, 4) is 0 Å². The first-order valence-electron chi connectivity index (χ1n) is 11.0. The molecule has 2 aromatic rings. The van der Waals surface area contributed by atoms with Crippen molar-refractivity contribution in [1.82, 2.24) is 10.3 Å². The van der Waals surface area contributed by atoms with Gasteiger partial charge in [0.15, 0.2) is 6.61 Å². The highest BCUT2D eigenvalue weighted by Gasteiger charge is 2.24. The normalized spacial score (nSPS) is 13.6. The Morgan fingerprint density at radius 2 is 1.68 bits per heavy atom. The summed E-state index contributed by atoms with van der Waals surface area (Å²) in [6, 6.07) is 17.8. The molecule has 178 valence electrons. The van der Waals surface area contributed by atoms with Crippen LogP contribution in [0.2, 0.25) is 0 Å². The first-order valence-corrected chi connectivity index (χ1v) is 11.0. The summed E-state index contributed by atoms with van der Waals surface area (Å²) in [5, 5.41) is 8.21. The largest absolute Gasteiger partial charge is 0.467 e. The molecular weight excluding hydrogens is 438 g/mol. The van der Waals surface area contributed by atoms with Gasteiger partial charge in [0, 0.05) is 19.3 Å². The smallest absolute Gasteiger partial charge is 0.328 e. The van der Waals surface area contributed by atoms with E-state index in [-0.39, 0.29) is 25.2 Å². The van der Waals surface area contributed by atoms with Crippen molar-refractivity contribution >= 4 is 29.5 Å². The highest BCUT2D eigenvalue weighted by Crippen LogP contribution is 2.15. The molecule has 0 saturated heterocycles. The molecule has 1 aliphatic rings. The van der Waals surface area contributed by atoms with Gasteiger partial charge in [0.1, 0.15) is 6.04 Å². The van der Waals surface area contributed by atoms with Gasteiger partial charge < -0.3 is 14.8 Å². The minimum Gasteiger partial charge on any atom is -0.467 e.